The molecule has 0 aromatic heterocycles. The minimum atomic E-state index is -4.47. The number of carbonyl (C=O) groups is 4. The normalized spacial score (nSPS) is 15.0. The van der Waals surface area contributed by atoms with E-state index in [2.05, 4.69) is 10.6 Å². The number of amides is 3. The molecule has 0 spiro atoms. The molecule has 0 radical (unpaired) electrons. The van der Waals surface area contributed by atoms with Crippen LogP contribution in [-0.2, 0) is 14.4 Å². The number of nitrogens with one attached hydrogen (secondary N) is 2. The maximum Gasteiger partial charge on any atom is 0.446 e. The maximum atomic E-state index is 12.8. The van der Waals surface area contributed by atoms with Gasteiger partial charge in [0.05, 0.1) is 10.0 Å². The van der Waals surface area contributed by atoms with Gasteiger partial charge < -0.3 is 20.6 Å². The fourth-order valence-corrected chi connectivity index (χ4v) is 5.77. The van der Waals surface area contributed by atoms with Crippen molar-refractivity contribution in [2.45, 2.75) is 34.2 Å². The zero-order valence-corrected chi connectivity index (χ0v) is 25.2. The number of carboxylic acids is 1. The van der Waals surface area contributed by atoms with E-state index in [0.29, 0.717) is 28.5 Å². The van der Waals surface area contributed by atoms with Crippen LogP contribution in [0.15, 0.2) is 52.3 Å². The Morgan fingerprint density at radius 3 is 2.29 bits per heavy atom. The molecule has 226 valence electrons. The summed E-state index contributed by atoms with van der Waals surface area (Å²) in [6, 6.07) is 6.77. The van der Waals surface area contributed by atoms with Crippen molar-refractivity contribution >= 4 is 76.5 Å². The minimum absolute atomic E-state index is 0.0328. The molecule has 0 bridgehead atoms. The van der Waals surface area contributed by atoms with E-state index in [4.69, 9.17) is 23.2 Å². The molecule has 8 nitrogen and oxygen atoms in total. The summed E-state index contributed by atoms with van der Waals surface area (Å²) in [5.74, 6) is -3.42. The molecule has 2 aromatic carbocycles. The molecule has 0 aliphatic carbocycles. The number of rotatable bonds is 10. The van der Waals surface area contributed by atoms with E-state index in [1.54, 1.807) is 23.1 Å². The van der Waals surface area contributed by atoms with Crippen molar-refractivity contribution in [1.82, 2.24) is 15.5 Å². The van der Waals surface area contributed by atoms with Gasteiger partial charge in [-0.3, -0.25) is 14.4 Å². The lowest BCUT2D eigenvalue weighted by atomic mass is 9.95. The average Bonchev–Trinajstić information content (AvgIpc) is 2.95. The smallest absolute Gasteiger partial charge is 0.446 e. The van der Waals surface area contributed by atoms with Crippen molar-refractivity contribution in [2.24, 2.45) is 5.92 Å². The van der Waals surface area contributed by atoms with E-state index in [1.807, 2.05) is 6.26 Å². The summed E-state index contributed by atoms with van der Waals surface area (Å²) in [6.45, 7) is 0.113. The van der Waals surface area contributed by atoms with E-state index in [1.165, 1.54) is 30.0 Å². The molecule has 0 saturated carbocycles. The van der Waals surface area contributed by atoms with Crippen molar-refractivity contribution in [3.63, 3.8) is 0 Å². The summed E-state index contributed by atoms with van der Waals surface area (Å²) in [4.78, 5) is 51.8. The van der Waals surface area contributed by atoms with Gasteiger partial charge in [0.15, 0.2) is 0 Å². The van der Waals surface area contributed by atoms with E-state index >= 15 is 0 Å². The van der Waals surface area contributed by atoms with Crippen LogP contribution in [-0.4, -0.2) is 71.1 Å². The molecular formula is C27H26Cl2F3N3O5S2. The van der Waals surface area contributed by atoms with Gasteiger partial charge in [0.2, 0.25) is 11.8 Å². The zero-order valence-electron chi connectivity index (χ0n) is 22.0. The lowest BCUT2D eigenvalue weighted by Gasteiger charge is -2.31. The summed E-state index contributed by atoms with van der Waals surface area (Å²) in [5.41, 5.74) is -3.85. The van der Waals surface area contributed by atoms with Gasteiger partial charge in [0.25, 0.3) is 5.91 Å². The first-order valence-corrected chi connectivity index (χ1v) is 15.2. The highest BCUT2D eigenvalue weighted by Gasteiger charge is 2.31. The van der Waals surface area contributed by atoms with Crippen molar-refractivity contribution in [1.29, 1.82) is 0 Å². The van der Waals surface area contributed by atoms with Crippen LogP contribution in [0, 0.1) is 5.92 Å². The number of piperidine rings is 1. The SMILES string of the molecule is CSc1ccc(/C=C/C(=O)N2CCC(C(=O)N[C@@H](CNC(=O)c3ccc(SC(F)(F)F)cc3)C(=O)O)CC2)c(Cl)c1Cl. The Labute approximate surface area is 258 Å². The van der Waals surface area contributed by atoms with Crippen LogP contribution in [0.5, 0.6) is 0 Å². The van der Waals surface area contributed by atoms with E-state index in [-0.39, 0.29) is 41.2 Å². The third-order valence-corrected chi connectivity index (χ3v) is 8.84. The summed E-state index contributed by atoms with van der Waals surface area (Å²) >= 11 is 13.7. The first kappa shape index (κ1) is 33.6. The molecule has 1 heterocycles. The predicted octanol–water partition coefficient (Wildman–Crippen LogP) is 5.58. The standard InChI is InChI=1S/C27H26Cl2F3N3O5S2/c1-41-20-8-4-15(22(28)23(20)29)5-9-21(36)35-12-10-17(11-13-35)25(38)34-19(26(39)40)14-33-24(37)16-2-6-18(7-3-16)42-27(30,31)32/h2-9,17,19H,10-14H2,1H3,(H,33,37)(H,34,38)(H,39,40)/b9-5+/t19-/m0/s1. The average molecular weight is 665 g/mol. The summed E-state index contributed by atoms with van der Waals surface area (Å²) in [5, 5.41) is 15.1. The topological polar surface area (TPSA) is 116 Å². The number of carbonyl (C=O) groups excluding carboxylic acids is 3. The number of aliphatic carboxylic acids is 1. The number of likely N-dealkylation sites (tertiary alicyclic amines) is 1. The number of alkyl halides is 3. The molecule has 0 unspecified atom stereocenters. The molecule has 1 saturated heterocycles. The van der Waals surface area contributed by atoms with Gasteiger partial charge in [0.1, 0.15) is 6.04 Å². The minimum Gasteiger partial charge on any atom is -0.480 e. The lowest BCUT2D eigenvalue weighted by Crippen LogP contribution is -2.51. The van der Waals surface area contributed by atoms with Gasteiger partial charge in [-0.25, -0.2) is 4.79 Å². The highest BCUT2D eigenvalue weighted by molar-refractivity contribution is 8.00. The number of halogens is 5. The number of nitrogens with zero attached hydrogens (tertiary/aromatic N) is 1. The first-order chi connectivity index (χ1) is 19.8. The van der Waals surface area contributed by atoms with E-state index < -0.39 is 41.8 Å². The zero-order chi connectivity index (χ0) is 31.0. The third-order valence-electron chi connectivity index (χ3n) is 6.31. The monoisotopic (exact) mass is 663 g/mol. The van der Waals surface area contributed by atoms with Gasteiger partial charge in [-0.2, -0.15) is 13.2 Å². The lowest BCUT2D eigenvalue weighted by molar-refractivity contribution is -0.142. The molecule has 2 aromatic rings. The fourth-order valence-electron chi connectivity index (χ4n) is 4.06. The summed E-state index contributed by atoms with van der Waals surface area (Å²) in [6.07, 6.45) is 5.43. The molecule has 1 aliphatic heterocycles. The molecule has 3 amide bonds. The van der Waals surface area contributed by atoms with Crippen LogP contribution in [0.3, 0.4) is 0 Å². The highest BCUT2D eigenvalue weighted by atomic mass is 35.5. The number of benzene rings is 2. The van der Waals surface area contributed by atoms with Crippen LogP contribution >= 0.6 is 46.7 Å². The molecule has 1 atom stereocenters. The predicted molar refractivity (Wildman–Crippen MR) is 157 cm³/mol. The fraction of sp³-hybridized carbons (Fsp3) is 0.333. The highest BCUT2D eigenvalue weighted by Crippen LogP contribution is 2.37. The Hall–Kier alpha value is -2.87. The molecule has 3 rings (SSSR count). The van der Waals surface area contributed by atoms with E-state index in [9.17, 15) is 37.5 Å². The van der Waals surface area contributed by atoms with Gasteiger partial charge in [0, 0.05) is 47.0 Å². The number of carboxylic acid groups (broad SMARTS) is 1. The van der Waals surface area contributed by atoms with Crippen molar-refractivity contribution in [3.05, 3.63) is 63.6 Å². The Morgan fingerprint density at radius 1 is 1.07 bits per heavy atom. The van der Waals surface area contributed by atoms with Gasteiger partial charge in [-0.1, -0.05) is 29.3 Å². The molecule has 1 fully saturated rings. The van der Waals surface area contributed by atoms with Crippen molar-refractivity contribution in [2.75, 3.05) is 25.9 Å². The second-order valence-electron chi connectivity index (χ2n) is 9.10. The Balaban J connectivity index is 1.49. The second kappa shape index (κ2) is 15.0. The number of hydrogen-bond acceptors (Lipinski definition) is 6. The summed E-state index contributed by atoms with van der Waals surface area (Å²) in [7, 11) is 0. The number of thioether (sulfide) groups is 2. The van der Waals surface area contributed by atoms with E-state index in [0.717, 1.165) is 17.0 Å². The van der Waals surface area contributed by atoms with Crippen molar-refractivity contribution < 1.29 is 37.5 Å². The van der Waals surface area contributed by atoms with Gasteiger partial charge in [-0.15, -0.1) is 11.8 Å². The Bertz CT molecular complexity index is 1350. The van der Waals surface area contributed by atoms with Crippen LogP contribution < -0.4 is 10.6 Å². The first-order valence-electron chi connectivity index (χ1n) is 12.4. The molecule has 3 N–H and O–H groups in total. The van der Waals surface area contributed by atoms with Crippen molar-refractivity contribution in [3.8, 4) is 0 Å². The largest absolute Gasteiger partial charge is 0.480 e. The Kier molecular flexibility index (Phi) is 12.0. The second-order valence-corrected chi connectivity index (χ2v) is 11.8. The summed E-state index contributed by atoms with van der Waals surface area (Å²) < 4.78 is 37.4. The van der Waals surface area contributed by atoms with Crippen LogP contribution in [0.4, 0.5) is 13.2 Å². The third kappa shape index (κ3) is 9.58. The molecule has 42 heavy (non-hydrogen) atoms. The maximum absolute atomic E-state index is 12.8. The quantitative estimate of drug-likeness (QED) is 0.225. The molecular weight excluding hydrogens is 638 g/mol. The van der Waals surface area contributed by atoms with Gasteiger partial charge in [-0.05, 0) is 72.8 Å². The van der Waals surface area contributed by atoms with Crippen LogP contribution in [0.2, 0.25) is 10.0 Å². The van der Waals surface area contributed by atoms with Crippen LogP contribution in [0.1, 0.15) is 28.8 Å². The van der Waals surface area contributed by atoms with Crippen LogP contribution in [0.25, 0.3) is 6.08 Å². The molecule has 1 aliphatic rings. The Morgan fingerprint density at radius 2 is 1.71 bits per heavy atom. The molecule has 15 heteroatoms. The number of hydrogen-bond donors (Lipinski definition) is 3. The van der Waals surface area contributed by atoms with Gasteiger partial charge >= 0.3 is 11.5 Å².